The average molecular weight is 422 g/mol. The number of nitrogens with one attached hydrogen (secondary N) is 1. The highest BCUT2D eigenvalue weighted by Gasteiger charge is 2.66. The van der Waals surface area contributed by atoms with Crippen molar-refractivity contribution in [1.29, 1.82) is 0 Å². The molecule has 2 aliphatic carbocycles. The van der Waals surface area contributed by atoms with E-state index in [0.29, 0.717) is 5.41 Å². The summed E-state index contributed by atoms with van der Waals surface area (Å²) in [6, 6.07) is 0. The molecule has 2 rings (SSSR count). The van der Waals surface area contributed by atoms with Crippen LogP contribution >= 0.6 is 31.9 Å². The van der Waals surface area contributed by atoms with E-state index < -0.39 is 5.41 Å². The van der Waals surface area contributed by atoms with Crippen LogP contribution < -0.4 is 5.43 Å². The lowest BCUT2D eigenvalue weighted by Gasteiger charge is -2.36. The highest BCUT2D eigenvalue weighted by molar-refractivity contribution is 9.25. The van der Waals surface area contributed by atoms with Crippen LogP contribution in [-0.4, -0.2) is 14.9 Å². The first-order valence-electron chi connectivity index (χ1n) is 7.86. The topological polar surface area (TPSA) is 41.5 Å². The van der Waals surface area contributed by atoms with Crippen molar-refractivity contribution in [3.63, 3.8) is 0 Å². The van der Waals surface area contributed by atoms with Crippen LogP contribution in [0.25, 0.3) is 0 Å². The lowest BCUT2D eigenvalue weighted by molar-refractivity contribution is -0.125. The quantitative estimate of drug-likeness (QED) is 0.504. The number of carbonyl (C=O) groups excluding carboxylic acids is 1. The van der Waals surface area contributed by atoms with Gasteiger partial charge in [-0.05, 0) is 50.4 Å². The molecule has 0 aromatic carbocycles. The molecule has 120 valence electrons. The predicted molar refractivity (Wildman–Crippen MR) is 94.9 cm³/mol. The predicted octanol–water partition coefficient (Wildman–Crippen LogP) is 4.98. The molecule has 21 heavy (non-hydrogen) atoms. The molecule has 1 atom stereocenters. The van der Waals surface area contributed by atoms with Crippen molar-refractivity contribution in [1.82, 2.24) is 5.43 Å². The van der Waals surface area contributed by atoms with Crippen molar-refractivity contribution in [2.45, 2.75) is 69.5 Å². The molecule has 0 spiro atoms. The summed E-state index contributed by atoms with van der Waals surface area (Å²) in [6.07, 6.45) is 6.42. The van der Waals surface area contributed by atoms with Gasteiger partial charge < -0.3 is 0 Å². The minimum Gasteiger partial charge on any atom is -0.272 e. The Labute approximate surface area is 145 Å². The van der Waals surface area contributed by atoms with Crippen LogP contribution in [0.1, 0.15) is 66.2 Å². The summed E-state index contributed by atoms with van der Waals surface area (Å²) in [5.74, 6) is 0.774. The third kappa shape index (κ3) is 3.54. The van der Waals surface area contributed by atoms with Crippen LogP contribution in [0.5, 0.6) is 0 Å². The van der Waals surface area contributed by atoms with Gasteiger partial charge >= 0.3 is 0 Å². The van der Waals surface area contributed by atoms with Gasteiger partial charge in [0.15, 0.2) is 0 Å². The van der Waals surface area contributed by atoms with Gasteiger partial charge in [0.25, 0.3) is 0 Å². The van der Waals surface area contributed by atoms with E-state index in [0.717, 1.165) is 30.9 Å². The smallest absolute Gasteiger partial charge is 0.248 e. The van der Waals surface area contributed by atoms with Crippen molar-refractivity contribution >= 4 is 43.5 Å². The van der Waals surface area contributed by atoms with Crippen molar-refractivity contribution in [2.75, 3.05) is 0 Å². The molecule has 0 heterocycles. The van der Waals surface area contributed by atoms with Gasteiger partial charge in [0, 0.05) is 5.71 Å². The molecule has 0 aromatic heterocycles. The molecule has 0 aliphatic heterocycles. The van der Waals surface area contributed by atoms with Gasteiger partial charge in [-0.2, -0.15) is 5.10 Å². The average Bonchev–Trinajstić information content (AvgIpc) is 2.96. The summed E-state index contributed by atoms with van der Waals surface area (Å²) in [4.78, 5) is 12.2. The highest BCUT2D eigenvalue weighted by Crippen LogP contribution is 2.66. The number of amides is 1. The van der Waals surface area contributed by atoms with Crippen molar-refractivity contribution < 1.29 is 4.79 Å². The van der Waals surface area contributed by atoms with Crippen LogP contribution in [0.4, 0.5) is 0 Å². The van der Waals surface area contributed by atoms with Gasteiger partial charge in [-0.15, -0.1) is 0 Å². The van der Waals surface area contributed by atoms with E-state index in [9.17, 15) is 4.79 Å². The van der Waals surface area contributed by atoms with E-state index in [1.807, 2.05) is 6.92 Å². The molecular formula is C16H26Br2N2O. The Balaban J connectivity index is 1.85. The Kier molecular flexibility index (Phi) is 4.95. The summed E-state index contributed by atoms with van der Waals surface area (Å²) in [5, 5.41) is 4.37. The summed E-state index contributed by atoms with van der Waals surface area (Å²) in [7, 11) is 0. The Morgan fingerprint density at radius 1 is 1.38 bits per heavy atom. The maximum absolute atomic E-state index is 12.2. The number of alkyl halides is 2. The minimum atomic E-state index is -0.390. The van der Waals surface area contributed by atoms with Crippen molar-refractivity contribution in [3.8, 4) is 0 Å². The number of carbonyl (C=O) groups is 1. The molecule has 2 saturated carbocycles. The Morgan fingerprint density at radius 3 is 2.33 bits per heavy atom. The summed E-state index contributed by atoms with van der Waals surface area (Å²) in [6.45, 7) is 8.95. The monoisotopic (exact) mass is 420 g/mol. The van der Waals surface area contributed by atoms with Crippen LogP contribution in [0.2, 0.25) is 0 Å². The summed E-state index contributed by atoms with van der Waals surface area (Å²) < 4.78 is -0.250. The molecule has 1 unspecified atom stereocenters. The normalized spacial score (nSPS) is 31.7. The fraction of sp³-hybridized carbons (Fsp3) is 0.875. The minimum absolute atomic E-state index is 0.000221. The second-order valence-corrected chi connectivity index (χ2v) is 11.2. The largest absolute Gasteiger partial charge is 0.272 e. The fourth-order valence-corrected chi connectivity index (χ4v) is 4.51. The van der Waals surface area contributed by atoms with Gasteiger partial charge in [-0.25, -0.2) is 5.43 Å². The number of hydrogen-bond acceptors (Lipinski definition) is 2. The highest BCUT2D eigenvalue weighted by atomic mass is 79.9. The fourth-order valence-electron chi connectivity index (χ4n) is 3.03. The Bertz CT molecular complexity index is 449. The maximum atomic E-state index is 12.2. The zero-order valence-corrected chi connectivity index (χ0v) is 16.6. The molecule has 0 saturated heterocycles. The van der Waals surface area contributed by atoms with E-state index in [1.54, 1.807) is 0 Å². The Hall–Kier alpha value is 0.1000. The van der Waals surface area contributed by atoms with E-state index in [-0.39, 0.29) is 9.14 Å². The first-order valence-corrected chi connectivity index (χ1v) is 9.45. The second-order valence-electron chi connectivity index (χ2n) is 7.45. The number of rotatable bonds is 4. The molecule has 2 aliphatic rings. The van der Waals surface area contributed by atoms with Crippen LogP contribution in [0.3, 0.4) is 0 Å². The lowest BCUT2D eigenvalue weighted by atomic mass is 9.69. The summed E-state index contributed by atoms with van der Waals surface area (Å²) >= 11 is 7.04. The van der Waals surface area contributed by atoms with Crippen molar-refractivity contribution in [2.24, 2.45) is 21.8 Å². The van der Waals surface area contributed by atoms with E-state index in [1.165, 1.54) is 19.3 Å². The van der Waals surface area contributed by atoms with Gasteiger partial charge in [0.2, 0.25) is 5.91 Å². The van der Waals surface area contributed by atoms with Crippen LogP contribution in [-0.2, 0) is 4.79 Å². The third-order valence-electron chi connectivity index (χ3n) is 5.65. The molecule has 2 fully saturated rings. The van der Waals surface area contributed by atoms with Gasteiger partial charge in [0.1, 0.15) is 0 Å². The molecular weight excluding hydrogens is 396 g/mol. The molecule has 0 aromatic rings. The standard InChI is InChI=1S/C16H26Br2N2O/c1-5-14(2,3)11-6-8-12(9-7-11)19-20-13(21)15(4)10-16(15,17)18/h11H,5-10H2,1-4H3,(H,20,21). The number of hydrogen-bond donors (Lipinski definition) is 1. The SMILES string of the molecule is CCC(C)(C)C1CCC(=NNC(=O)C2(C)CC2(Br)Br)CC1. The number of hydrazone groups is 1. The zero-order chi connectivity index (χ0) is 15.9. The number of nitrogens with zero attached hydrogens (tertiary/aromatic N) is 1. The third-order valence-corrected chi connectivity index (χ3v) is 7.96. The van der Waals surface area contributed by atoms with Crippen LogP contribution in [0, 0.1) is 16.7 Å². The lowest BCUT2D eigenvalue weighted by Crippen LogP contribution is -2.32. The van der Waals surface area contributed by atoms with Gasteiger partial charge in [-0.1, -0.05) is 59.1 Å². The first kappa shape index (κ1) is 17.5. The zero-order valence-electron chi connectivity index (χ0n) is 13.4. The van der Waals surface area contributed by atoms with Gasteiger partial charge in [-0.3, -0.25) is 4.79 Å². The summed E-state index contributed by atoms with van der Waals surface area (Å²) in [5.41, 5.74) is 3.94. The van der Waals surface area contributed by atoms with E-state index in [2.05, 4.69) is 63.2 Å². The first-order chi connectivity index (χ1) is 9.62. The molecule has 0 bridgehead atoms. The molecule has 0 radical (unpaired) electrons. The molecule has 1 amide bonds. The van der Waals surface area contributed by atoms with Gasteiger partial charge in [0.05, 0.1) is 8.65 Å². The maximum Gasteiger partial charge on any atom is 0.248 e. The van der Waals surface area contributed by atoms with E-state index in [4.69, 9.17) is 0 Å². The molecule has 5 heteroatoms. The Morgan fingerprint density at radius 2 is 1.90 bits per heavy atom. The van der Waals surface area contributed by atoms with E-state index >= 15 is 0 Å². The van der Waals surface area contributed by atoms with Crippen molar-refractivity contribution in [3.05, 3.63) is 0 Å². The second kappa shape index (κ2) is 5.95. The molecule has 3 nitrogen and oxygen atoms in total. The molecule has 1 N–H and O–H groups in total. The van der Waals surface area contributed by atoms with Crippen LogP contribution in [0.15, 0.2) is 5.10 Å². The number of halogens is 2.